The van der Waals surface area contributed by atoms with E-state index in [9.17, 15) is 9.90 Å². The number of hydrogen-bond acceptors (Lipinski definition) is 2. The molecule has 0 aliphatic rings. The molecule has 2 aromatic rings. The van der Waals surface area contributed by atoms with Crippen LogP contribution in [0.5, 0.6) is 5.75 Å². The summed E-state index contributed by atoms with van der Waals surface area (Å²) in [6, 6.07) is 11.0. The van der Waals surface area contributed by atoms with Gasteiger partial charge in [-0.05, 0) is 30.3 Å². The van der Waals surface area contributed by atoms with Gasteiger partial charge in [-0.25, -0.2) is 4.79 Å². The van der Waals surface area contributed by atoms with Crippen LogP contribution in [0.4, 0.5) is 0 Å². The monoisotopic (exact) mass is 330 g/mol. The second kappa shape index (κ2) is 6.35. The lowest BCUT2D eigenvalue weighted by molar-refractivity contribution is -0.145. The fourth-order valence-electron chi connectivity index (χ4n) is 1.60. The summed E-state index contributed by atoms with van der Waals surface area (Å²) in [5.74, 6) is -0.878. The molecule has 104 valence electrons. The summed E-state index contributed by atoms with van der Waals surface area (Å²) in [6.07, 6.45) is -1.18. The third-order valence-electron chi connectivity index (χ3n) is 2.54. The SMILES string of the molecule is O=C(O)C(Oc1ccc(Cl)cc1Cl)c1ccc(Cl)cc1. The van der Waals surface area contributed by atoms with Gasteiger partial charge >= 0.3 is 5.97 Å². The Hall–Kier alpha value is -1.42. The highest BCUT2D eigenvalue weighted by molar-refractivity contribution is 6.35. The fourth-order valence-corrected chi connectivity index (χ4v) is 2.18. The molecule has 1 unspecified atom stereocenters. The van der Waals surface area contributed by atoms with E-state index in [-0.39, 0.29) is 10.8 Å². The lowest BCUT2D eigenvalue weighted by Gasteiger charge is -2.16. The first-order chi connectivity index (χ1) is 9.47. The van der Waals surface area contributed by atoms with Crippen LogP contribution in [-0.2, 0) is 4.79 Å². The molecule has 0 heterocycles. The summed E-state index contributed by atoms with van der Waals surface area (Å²) in [4.78, 5) is 11.3. The predicted octanol–water partition coefficient (Wildman–Crippen LogP) is 4.85. The van der Waals surface area contributed by atoms with Gasteiger partial charge in [-0.1, -0.05) is 46.9 Å². The van der Waals surface area contributed by atoms with E-state index in [0.717, 1.165) is 0 Å². The quantitative estimate of drug-likeness (QED) is 0.871. The van der Waals surface area contributed by atoms with Crippen LogP contribution >= 0.6 is 34.8 Å². The van der Waals surface area contributed by atoms with Gasteiger partial charge in [0, 0.05) is 15.6 Å². The summed E-state index contributed by atoms with van der Waals surface area (Å²) in [5, 5.41) is 10.5. The van der Waals surface area contributed by atoms with Gasteiger partial charge in [0.25, 0.3) is 0 Å². The summed E-state index contributed by atoms with van der Waals surface area (Å²) in [7, 11) is 0. The molecule has 0 fully saturated rings. The van der Waals surface area contributed by atoms with Crippen LogP contribution in [0, 0.1) is 0 Å². The van der Waals surface area contributed by atoms with E-state index in [1.54, 1.807) is 30.3 Å². The molecule has 0 aliphatic carbocycles. The van der Waals surface area contributed by atoms with Gasteiger partial charge < -0.3 is 9.84 Å². The van der Waals surface area contributed by atoms with Crippen molar-refractivity contribution in [2.45, 2.75) is 6.10 Å². The van der Waals surface area contributed by atoms with E-state index in [1.165, 1.54) is 12.1 Å². The topological polar surface area (TPSA) is 46.5 Å². The largest absolute Gasteiger partial charge is 0.478 e. The van der Waals surface area contributed by atoms with E-state index in [1.807, 2.05) is 0 Å². The normalized spacial score (nSPS) is 11.9. The van der Waals surface area contributed by atoms with E-state index in [2.05, 4.69) is 0 Å². The molecule has 0 bridgehead atoms. The van der Waals surface area contributed by atoms with Crippen LogP contribution in [0.1, 0.15) is 11.7 Å². The second-order valence-corrected chi connectivity index (χ2v) is 5.24. The van der Waals surface area contributed by atoms with Crippen LogP contribution in [0.25, 0.3) is 0 Å². The maximum absolute atomic E-state index is 11.3. The first-order valence-corrected chi connectivity index (χ1v) is 6.71. The van der Waals surface area contributed by atoms with Gasteiger partial charge in [-0.3, -0.25) is 0 Å². The number of benzene rings is 2. The summed E-state index contributed by atoms with van der Waals surface area (Å²) in [6.45, 7) is 0. The Balaban J connectivity index is 2.30. The van der Waals surface area contributed by atoms with Crippen molar-refractivity contribution >= 4 is 40.8 Å². The molecular formula is C14H9Cl3O3. The maximum Gasteiger partial charge on any atom is 0.349 e. The van der Waals surface area contributed by atoms with Crippen LogP contribution in [0.3, 0.4) is 0 Å². The van der Waals surface area contributed by atoms with Crippen molar-refractivity contribution in [3.8, 4) is 5.75 Å². The van der Waals surface area contributed by atoms with E-state index < -0.39 is 12.1 Å². The standard InChI is InChI=1S/C14H9Cl3O3/c15-9-3-1-8(2-4-9)13(14(18)19)20-12-6-5-10(16)7-11(12)17/h1-7,13H,(H,18,19). The van der Waals surface area contributed by atoms with Crippen molar-refractivity contribution in [3.63, 3.8) is 0 Å². The van der Waals surface area contributed by atoms with Gasteiger partial charge in [0.05, 0.1) is 5.02 Å². The molecule has 0 amide bonds. The molecule has 2 rings (SSSR count). The zero-order valence-electron chi connectivity index (χ0n) is 10.0. The van der Waals surface area contributed by atoms with Crippen LogP contribution in [0.2, 0.25) is 15.1 Å². The Kier molecular flexibility index (Phi) is 4.76. The third kappa shape index (κ3) is 3.57. The van der Waals surface area contributed by atoms with Crippen molar-refractivity contribution in [2.75, 3.05) is 0 Å². The Morgan fingerprint density at radius 2 is 1.60 bits per heavy atom. The van der Waals surface area contributed by atoms with Gasteiger partial charge in [-0.2, -0.15) is 0 Å². The molecule has 1 N–H and O–H groups in total. The van der Waals surface area contributed by atoms with Crippen molar-refractivity contribution in [1.29, 1.82) is 0 Å². The minimum Gasteiger partial charge on any atom is -0.478 e. The van der Waals surface area contributed by atoms with E-state index in [0.29, 0.717) is 15.6 Å². The summed E-state index contributed by atoms with van der Waals surface area (Å²) >= 11 is 17.5. The smallest absolute Gasteiger partial charge is 0.349 e. The zero-order chi connectivity index (χ0) is 14.7. The van der Waals surface area contributed by atoms with E-state index in [4.69, 9.17) is 39.5 Å². The van der Waals surface area contributed by atoms with Gasteiger partial charge in [-0.15, -0.1) is 0 Å². The molecule has 0 radical (unpaired) electrons. The van der Waals surface area contributed by atoms with Gasteiger partial charge in [0.1, 0.15) is 5.75 Å². The average molecular weight is 332 g/mol. The average Bonchev–Trinajstić information content (AvgIpc) is 2.39. The summed E-state index contributed by atoms with van der Waals surface area (Å²) < 4.78 is 5.45. The highest BCUT2D eigenvalue weighted by atomic mass is 35.5. The molecule has 3 nitrogen and oxygen atoms in total. The van der Waals surface area contributed by atoms with Crippen LogP contribution in [0.15, 0.2) is 42.5 Å². The van der Waals surface area contributed by atoms with Crippen molar-refractivity contribution in [1.82, 2.24) is 0 Å². The number of ether oxygens (including phenoxy) is 1. The Morgan fingerprint density at radius 1 is 1.00 bits per heavy atom. The molecule has 6 heteroatoms. The first kappa shape index (κ1) is 15.0. The highest BCUT2D eigenvalue weighted by Gasteiger charge is 2.22. The molecule has 0 aliphatic heterocycles. The molecular weight excluding hydrogens is 323 g/mol. The molecule has 20 heavy (non-hydrogen) atoms. The maximum atomic E-state index is 11.3. The fraction of sp³-hybridized carbons (Fsp3) is 0.0714. The second-order valence-electron chi connectivity index (χ2n) is 3.96. The molecule has 2 aromatic carbocycles. The van der Waals surface area contributed by atoms with Gasteiger partial charge in [0.2, 0.25) is 6.10 Å². The van der Waals surface area contributed by atoms with Gasteiger partial charge in [0.15, 0.2) is 0 Å². The number of rotatable bonds is 4. The summed E-state index contributed by atoms with van der Waals surface area (Å²) in [5.41, 5.74) is 0.466. The first-order valence-electron chi connectivity index (χ1n) is 5.57. The number of carbonyl (C=O) groups is 1. The minimum atomic E-state index is -1.18. The predicted molar refractivity (Wildman–Crippen MR) is 78.9 cm³/mol. The molecule has 0 spiro atoms. The Labute approximate surface area is 130 Å². The Morgan fingerprint density at radius 3 is 2.15 bits per heavy atom. The number of hydrogen-bond donors (Lipinski definition) is 1. The zero-order valence-corrected chi connectivity index (χ0v) is 12.3. The van der Waals surface area contributed by atoms with Crippen molar-refractivity contribution in [3.05, 3.63) is 63.1 Å². The minimum absolute atomic E-state index is 0.248. The van der Waals surface area contributed by atoms with Crippen molar-refractivity contribution < 1.29 is 14.6 Å². The molecule has 0 saturated carbocycles. The molecule has 0 aromatic heterocycles. The number of carboxylic acids is 1. The van der Waals surface area contributed by atoms with E-state index >= 15 is 0 Å². The molecule has 1 atom stereocenters. The van der Waals surface area contributed by atoms with Crippen molar-refractivity contribution in [2.24, 2.45) is 0 Å². The van der Waals surface area contributed by atoms with Crippen LogP contribution in [-0.4, -0.2) is 11.1 Å². The lowest BCUT2D eigenvalue weighted by atomic mass is 10.1. The number of carboxylic acid groups (broad SMARTS) is 1. The lowest BCUT2D eigenvalue weighted by Crippen LogP contribution is -2.18. The van der Waals surface area contributed by atoms with Crippen LogP contribution < -0.4 is 4.74 Å². The number of halogens is 3. The highest BCUT2D eigenvalue weighted by Crippen LogP contribution is 2.31. The Bertz CT molecular complexity index is 626. The molecule has 0 saturated heterocycles. The third-order valence-corrected chi connectivity index (χ3v) is 3.32. The number of aliphatic carboxylic acids is 1.